The first-order valence-electron chi connectivity index (χ1n) is 10.2. The molecule has 2 aromatic carbocycles. The fraction of sp³-hybridized carbons (Fsp3) is 0.391. The maximum Gasteiger partial charge on any atom is 0.250 e. The van der Waals surface area contributed by atoms with E-state index in [9.17, 15) is 9.59 Å². The number of methoxy groups -OCH3 is 1. The molecule has 0 bridgehead atoms. The van der Waals surface area contributed by atoms with Crippen LogP contribution >= 0.6 is 11.6 Å². The van der Waals surface area contributed by atoms with E-state index < -0.39 is 11.5 Å². The Balaban J connectivity index is 1.69. The largest absolute Gasteiger partial charge is 0.497 e. The minimum atomic E-state index is -1.13. The molecular weight excluding hydrogens is 402 g/mol. The average molecular weight is 428 g/mol. The highest BCUT2D eigenvalue weighted by atomic mass is 35.5. The van der Waals surface area contributed by atoms with Gasteiger partial charge in [-0.1, -0.05) is 25.4 Å². The Hall–Kier alpha value is -2.57. The minimum Gasteiger partial charge on any atom is -0.497 e. The van der Waals surface area contributed by atoms with Crippen molar-refractivity contribution in [1.29, 1.82) is 0 Å². The molecule has 0 aliphatic carbocycles. The third-order valence-electron chi connectivity index (χ3n) is 5.92. The van der Waals surface area contributed by atoms with Crippen LogP contribution in [0.2, 0.25) is 5.02 Å². The van der Waals surface area contributed by atoms with Crippen LogP contribution in [0.5, 0.6) is 5.75 Å². The Labute approximate surface area is 181 Å². The first-order chi connectivity index (χ1) is 14.3. The summed E-state index contributed by atoms with van der Waals surface area (Å²) in [6.07, 6.45) is 1.44. The number of benzene rings is 2. The number of nitrogens with one attached hydrogen (secondary N) is 3. The van der Waals surface area contributed by atoms with Crippen molar-refractivity contribution < 1.29 is 14.3 Å². The van der Waals surface area contributed by atoms with Crippen LogP contribution in [0.4, 0.5) is 11.4 Å². The summed E-state index contributed by atoms with van der Waals surface area (Å²) in [4.78, 5) is 26.6. The zero-order chi connectivity index (χ0) is 21.5. The van der Waals surface area contributed by atoms with Gasteiger partial charge in [0.25, 0.3) is 0 Å². The van der Waals surface area contributed by atoms with E-state index in [0.29, 0.717) is 34.5 Å². The maximum atomic E-state index is 13.4. The van der Waals surface area contributed by atoms with Crippen LogP contribution in [0, 0.1) is 11.8 Å². The van der Waals surface area contributed by atoms with Gasteiger partial charge in [-0.25, -0.2) is 0 Å². The third kappa shape index (κ3) is 3.55. The van der Waals surface area contributed by atoms with Gasteiger partial charge in [-0.3, -0.25) is 14.9 Å². The van der Waals surface area contributed by atoms with Crippen molar-refractivity contribution in [1.82, 2.24) is 5.32 Å². The van der Waals surface area contributed by atoms with Crippen molar-refractivity contribution in [2.75, 3.05) is 17.7 Å². The number of anilines is 2. The summed E-state index contributed by atoms with van der Waals surface area (Å²) in [5, 5.41) is 9.97. The number of halogens is 1. The lowest BCUT2D eigenvalue weighted by Gasteiger charge is -2.29. The number of rotatable bonds is 5. The van der Waals surface area contributed by atoms with Crippen LogP contribution in [0.3, 0.4) is 0 Å². The highest BCUT2D eigenvalue weighted by Gasteiger charge is 2.60. The van der Waals surface area contributed by atoms with Gasteiger partial charge in [0.05, 0.1) is 13.0 Å². The number of amides is 2. The van der Waals surface area contributed by atoms with Crippen LogP contribution in [-0.2, 0) is 15.1 Å². The van der Waals surface area contributed by atoms with Crippen molar-refractivity contribution in [3.63, 3.8) is 0 Å². The SMILES string of the molecule is COc1ccc(NC(=O)[C@H]2C[C@H](CC(C)C)N[C@]23C(=O)Nc2ccc(Cl)cc23)cc1. The van der Waals surface area contributed by atoms with Crippen LogP contribution in [0.15, 0.2) is 42.5 Å². The van der Waals surface area contributed by atoms with Gasteiger partial charge in [-0.05, 0) is 61.2 Å². The monoisotopic (exact) mass is 427 g/mol. The Morgan fingerprint density at radius 1 is 1.27 bits per heavy atom. The fourth-order valence-corrected chi connectivity index (χ4v) is 4.83. The van der Waals surface area contributed by atoms with Gasteiger partial charge < -0.3 is 15.4 Å². The zero-order valence-electron chi connectivity index (χ0n) is 17.3. The molecule has 0 radical (unpaired) electrons. The second-order valence-corrected chi connectivity index (χ2v) is 8.87. The van der Waals surface area contributed by atoms with Gasteiger partial charge in [-0.2, -0.15) is 0 Å². The number of fused-ring (bicyclic) bond motifs is 2. The van der Waals surface area contributed by atoms with E-state index in [2.05, 4.69) is 29.8 Å². The van der Waals surface area contributed by atoms with Gasteiger partial charge in [0.15, 0.2) is 0 Å². The smallest absolute Gasteiger partial charge is 0.250 e. The Bertz CT molecular complexity index is 976. The number of ether oxygens (including phenoxy) is 1. The van der Waals surface area contributed by atoms with Crippen molar-refractivity contribution in [3.8, 4) is 5.75 Å². The van der Waals surface area contributed by atoms with E-state index in [1.807, 2.05) is 0 Å². The number of hydrogen-bond donors (Lipinski definition) is 3. The first-order valence-corrected chi connectivity index (χ1v) is 10.6. The molecule has 4 rings (SSSR count). The molecule has 6 nitrogen and oxygen atoms in total. The molecule has 2 aliphatic heterocycles. The molecule has 2 heterocycles. The molecule has 30 heavy (non-hydrogen) atoms. The van der Waals surface area contributed by atoms with Crippen molar-refractivity contribution >= 4 is 34.8 Å². The molecular formula is C23H26ClN3O3. The van der Waals surface area contributed by atoms with Gasteiger partial charge >= 0.3 is 0 Å². The summed E-state index contributed by atoms with van der Waals surface area (Å²) in [6.45, 7) is 4.28. The predicted octanol–water partition coefficient (Wildman–Crippen LogP) is 4.16. The van der Waals surface area contributed by atoms with E-state index in [-0.39, 0.29) is 17.9 Å². The summed E-state index contributed by atoms with van der Waals surface area (Å²) >= 11 is 6.26. The van der Waals surface area contributed by atoms with Crippen molar-refractivity contribution in [2.24, 2.45) is 11.8 Å². The summed E-state index contributed by atoms with van der Waals surface area (Å²) in [6, 6.07) is 12.5. The summed E-state index contributed by atoms with van der Waals surface area (Å²) < 4.78 is 5.18. The normalized spacial score (nSPS) is 24.8. The molecule has 1 saturated heterocycles. The van der Waals surface area contributed by atoms with Gasteiger partial charge in [0.2, 0.25) is 11.8 Å². The van der Waals surface area contributed by atoms with E-state index in [0.717, 1.165) is 12.0 Å². The van der Waals surface area contributed by atoms with Gasteiger partial charge in [0, 0.05) is 28.0 Å². The molecule has 3 atom stereocenters. The topological polar surface area (TPSA) is 79.5 Å². The molecule has 0 saturated carbocycles. The molecule has 2 aliphatic rings. The number of carbonyl (C=O) groups is 2. The Morgan fingerprint density at radius 2 is 2.00 bits per heavy atom. The number of hydrogen-bond acceptors (Lipinski definition) is 4. The quantitative estimate of drug-likeness (QED) is 0.669. The summed E-state index contributed by atoms with van der Waals surface area (Å²) in [7, 11) is 1.59. The second kappa shape index (κ2) is 7.93. The van der Waals surface area contributed by atoms with Crippen molar-refractivity contribution in [3.05, 3.63) is 53.1 Å². The molecule has 0 unspecified atom stereocenters. The predicted molar refractivity (Wildman–Crippen MR) is 118 cm³/mol. The molecule has 1 fully saturated rings. The highest BCUT2D eigenvalue weighted by Crippen LogP contribution is 2.48. The Morgan fingerprint density at radius 3 is 2.67 bits per heavy atom. The highest BCUT2D eigenvalue weighted by molar-refractivity contribution is 6.31. The van der Waals surface area contributed by atoms with E-state index in [1.54, 1.807) is 49.6 Å². The van der Waals surface area contributed by atoms with E-state index in [1.165, 1.54) is 0 Å². The zero-order valence-corrected chi connectivity index (χ0v) is 18.0. The molecule has 0 aromatic heterocycles. The average Bonchev–Trinajstić information content (AvgIpc) is 3.21. The first kappa shape index (κ1) is 20.7. The third-order valence-corrected chi connectivity index (χ3v) is 6.15. The fourth-order valence-electron chi connectivity index (χ4n) is 4.66. The van der Waals surface area contributed by atoms with Crippen LogP contribution < -0.4 is 20.7 Å². The molecule has 3 N–H and O–H groups in total. The lowest BCUT2D eigenvalue weighted by atomic mass is 9.79. The lowest BCUT2D eigenvalue weighted by Crippen LogP contribution is -2.52. The maximum absolute atomic E-state index is 13.4. The number of carbonyl (C=O) groups excluding carboxylic acids is 2. The summed E-state index contributed by atoms with van der Waals surface area (Å²) in [5.41, 5.74) is 0.967. The molecule has 7 heteroatoms. The summed E-state index contributed by atoms with van der Waals surface area (Å²) in [5.74, 6) is 0.180. The minimum absolute atomic E-state index is 0.0484. The lowest BCUT2D eigenvalue weighted by molar-refractivity contribution is -0.130. The second-order valence-electron chi connectivity index (χ2n) is 8.43. The molecule has 158 valence electrons. The molecule has 2 amide bonds. The van der Waals surface area contributed by atoms with E-state index >= 15 is 0 Å². The van der Waals surface area contributed by atoms with Crippen LogP contribution in [0.1, 0.15) is 32.3 Å². The standard InChI is InChI=1S/C23H26ClN3O3/c1-13(2)10-16-12-19(21(28)25-15-5-7-17(30-3)8-6-15)23(27-16)18-11-14(24)4-9-20(18)26-22(23)29/h4-9,11,13,16,19,27H,10,12H2,1-3H3,(H,25,28)(H,26,29)/t16-,19+,23-/m0/s1. The van der Waals surface area contributed by atoms with Crippen LogP contribution in [0.25, 0.3) is 0 Å². The van der Waals surface area contributed by atoms with E-state index in [4.69, 9.17) is 16.3 Å². The van der Waals surface area contributed by atoms with Gasteiger partial charge in [-0.15, -0.1) is 0 Å². The van der Waals surface area contributed by atoms with Crippen LogP contribution in [-0.4, -0.2) is 25.0 Å². The molecule has 1 spiro atoms. The Kier molecular flexibility index (Phi) is 5.47. The van der Waals surface area contributed by atoms with Crippen molar-refractivity contribution in [2.45, 2.75) is 38.3 Å². The molecule has 2 aromatic rings. The van der Waals surface area contributed by atoms with Gasteiger partial charge in [0.1, 0.15) is 11.3 Å².